The molecule has 0 bridgehead atoms. The van der Waals surface area contributed by atoms with Crippen molar-refractivity contribution < 1.29 is 18.7 Å². The van der Waals surface area contributed by atoms with Gasteiger partial charge >= 0.3 is 7.60 Å². The molecule has 0 aliphatic heterocycles. The fourth-order valence-corrected chi connectivity index (χ4v) is 3.11. The molecular formula is C10H16NO4P. The van der Waals surface area contributed by atoms with Crippen molar-refractivity contribution in [2.75, 3.05) is 18.9 Å². The van der Waals surface area contributed by atoms with E-state index in [0.717, 1.165) is 0 Å². The molecule has 0 atom stereocenters. The van der Waals surface area contributed by atoms with Crippen molar-refractivity contribution >= 4 is 18.6 Å². The number of nitrogens with two attached hydrogens (primary N) is 1. The standard InChI is InChI=1S/C10H16NO4P/c1-3-14-16(13,15-4-2)10-8(11)6-5-7-9(10)12/h5-7,12H,3-4,11H2,1-2H3. The lowest BCUT2D eigenvalue weighted by Crippen LogP contribution is -2.15. The Hall–Kier alpha value is -1.03. The highest BCUT2D eigenvalue weighted by Gasteiger charge is 2.32. The number of rotatable bonds is 5. The summed E-state index contributed by atoms with van der Waals surface area (Å²) in [6.45, 7) is 3.82. The van der Waals surface area contributed by atoms with E-state index in [0.29, 0.717) is 0 Å². The Kier molecular flexibility index (Phi) is 4.35. The third-order valence-electron chi connectivity index (χ3n) is 1.92. The monoisotopic (exact) mass is 245 g/mol. The molecule has 0 saturated carbocycles. The Morgan fingerprint density at radius 1 is 1.31 bits per heavy atom. The number of phenolic OH excluding ortho intramolecular Hbond substituents is 1. The van der Waals surface area contributed by atoms with E-state index in [2.05, 4.69) is 0 Å². The van der Waals surface area contributed by atoms with Crippen LogP contribution in [0.15, 0.2) is 18.2 Å². The zero-order chi connectivity index (χ0) is 12.2. The van der Waals surface area contributed by atoms with Crippen LogP contribution in [0.1, 0.15) is 13.8 Å². The van der Waals surface area contributed by atoms with Crippen molar-refractivity contribution in [1.29, 1.82) is 0 Å². The summed E-state index contributed by atoms with van der Waals surface area (Å²) in [7, 11) is -3.52. The van der Waals surface area contributed by atoms with Gasteiger partial charge in [-0.3, -0.25) is 4.57 Å². The maximum atomic E-state index is 12.4. The van der Waals surface area contributed by atoms with Gasteiger partial charge in [0.2, 0.25) is 0 Å². The van der Waals surface area contributed by atoms with Gasteiger partial charge in [-0.2, -0.15) is 0 Å². The van der Waals surface area contributed by atoms with Crippen LogP contribution in [0.3, 0.4) is 0 Å². The minimum absolute atomic E-state index is 0.0405. The van der Waals surface area contributed by atoms with E-state index < -0.39 is 7.60 Å². The molecule has 0 heterocycles. The Bertz CT molecular complexity index is 378. The van der Waals surface area contributed by atoms with Crippen LogP contribution < -0.4 is 11.0 Å². The molecule has 1 aromatic carbocycles. The molecule has 0 amide bonds. The van der Waals surface area contributed by atoms with E-state index in [9.17, 15) is 9.67 Å². The normalized spacial score (nSPS) is 11.6. The fourth-order valence-electron chi connectivity index (χ4n) is 1.35. The van der Waals surface area contributed by atoms with E-state index in [1.807, 2.05) is 0 Å². The highest BCUT2D eigenvalue weighted by atomic mass is 31.2. The summed E-state index contributed by atoms with van der Waals surface area (Å²) in [6.07, 6.45) is 0. The molecule has 5 nitrogen and oxygen atoms in total. The first-order valence-electron chi connectivity index (χ1n) is 5.02. The van der Waals surface area contributed by atoms with Crippen LogP contribution in [0.2, 0.25) is 0 Å². The molecule has 0 aliphatic rings. The third-order valence-corrected chi connectivity index (χ3v) is 4.15. The lowest BCUT2D eigenvalue weighted by molar-refractivity contribution is 0.229. The number of hydrogen-bond acceptors (Lipinski definition) is 5. The number of phenols is 1. The van der Waals surface area contributed by atoms with Crippen molar-refractivity contribution in [1.82, 2.24) is 0 Å². The van der Waals surface area contributed by atoms with Crippen LogP contribution in [0.25, 0.3) is 0 Å². The zero-order valence-electron chi connectivity index (χ0n) is 9.34. The molecule has 0 aromatic heterocycles. The molecule has 90 valence electrons. The highest BCUT2D eigenvalue weighted by molar-refractivity contribution is 7.62. The van der Waals surface area contributed by atoms with Gasteiger partial charge in [0.05, 0.1) is 18.9 Å². The number of aromatic hydroxyl groups is 1. The van der Waals surface area contributed by atoms with Crippen LogP contribution in [0.5, 0.6) is 5.75 Å². The fraction of sp³-hybridized carbons (Fsp3) is 0.400. The molecule has 0 spiro atoms. The van der Waals surface area contributed by atoms with E-state index in [1.165, 1.54) is 6.07 Å². The SMILES string of the molecule is CCOP(=O)(OCC)c1c(N)cccc1O. The first-order valence-corrected chi connectivity index (χ1v) is 6.56. The van der Waals surface area contributed by atoms with E-state index in [-0.39, 0.29) is 30.0 Å². The smallest absolute Gasteiger partial charge is 0.367 e. The summed E-state index contributed by atoms with van der Waals surface area (Å²) in [6, 6.07) is 4.51. The lowest BCUT2D eigenvalue weighted by Gasteiger charge is -2.19. The predicted molar refractivity (Wildman–Crippen MR) is 63.0 cm³/mol. The summed E-state index contributed by atoms with van der Waals surface area (Å²) < 4.78 is 22.6. The summed E-state index contributed by atoms with van der Waals surface area (Å²) in [5.74, 6) is -0.176. The van der Waals surface area contributed by atoms with Crippen LogP contribution in [0, 0.1) is 0 Å². The Morgan fingerprint density at radius 3 is 2.31 bits per heavy atom. The molecule has 16 heavy (non-hydrogen) atoms. The maximum absolute atomic E-state index is 12.4. The van der Waals surface area contributed by atoms with Gasteiger partial charge in [0.1, 0.15) is 11.1 Å². The van der Waals surface area contributed by atoms with E-state index in [4.69, 9.17) is 14.8 Å². The number of benzene rings is 1. The first kappa shape index (κ1) is 13.0. The van der Waals surface area contributed by atoms with Crippen LogP contribution in [-0.4, -0.2) is 18.3 Å². The topological polar surface area (TPSA) is 81.8 Å². The minimum Gasteiger partial charge on any atom is -0.507 e. The number of hydrogen-bond donors (Lipinski definition) is 2. The molecule has 6 heteroatoms. The summed E-state index contributed by atoms with van der Waals surface area (Å²) in [5.41, 5.74) is 5.88. The zero-order valence-corrected chi connectivity index (χ0v) is 10.2. The van der Waals surface area contributed by atoms with Gasteiger partial charge in [-0.25, -0.2) is 0 Å². The Labute approximate surface area is 94.7 Å². The first-order chi connectivity index (χ1) is 7.55. The third kappa shape index (κ3) is 2.55. The largest absolute Gasteiger partial charge is 0.507 e. The Balaban J connectivity index is 3.26. The minimum atomic E-state index is -3.52. The summed E-state index contributed by atoms with van der Waals surface area (Å²) in [4.78, 5) is 0. The lowest BCUT2D eigenvalue weighted by atomic mass is 10.3. The van der Waals surface area contributed by atoms with Crippen LogP contribution >= 0.6 is 7.60 Å². The molecule has 0 fully saturated rings. The van der Waals surface area contributed by atoms with Gasteiger partial charge in [0, 0.05) is 0 Å². The van der Waals surface area contributed by atoms with Crippen molar-refractivity contribution in [3.63, 3.8) is 0 Å². The molecule has 0 radical (unpaired) electrons. The van der Waals surface area contributed by atoms with Gasteiger partial charge in [-0.15, -0.1) is 0 Å². The van der Waals surface area contributed by atoms with E-state index in [1.54, 1.807) is 26.0 Å². The highest BCUT2D eigenvalue weighted by Crippen LogP contribution is 2.50. The second kappa shape index (κ2) is 5.34. The van der Waals surface area contributed by atoms with Crippen molar-refractivity contribution in [2.24, 2.45) is 0 Å². The summed E-state index contributed by atoms with van der Waals surface area (Å²) >= 11 is 0. The maximum Gasteiger partial charge on any atom is 0.367 e. The molecule has 1 aromatic rings. The van der Waals surface area contributed by atoms with Crippen molar-refractivity contribution in [3.05, 3.63) is 18.2 Å². The molecule has 0 unspecified atom stereocenters. The van der Waals surface area contributed by atoms with Gasteiger partial charge in [-0.05, 0) is 26.0 Å². The average molecular weight is 245 g/mol. The average Bonchev–Trinajstić information content (AvgIpc) is 2.17. The van der Waals surface area contributed by atoms with E-state index >= 15 is 0 Å². The molecular weight excluding hydrogens is 229 g/mol. The Morgan fingerprint density at radius 2 is 1.88 bits per heavy atom. The number of anilines is 1. The van der Waals surface area contributed by atoms with Crippen LogP contribution in [-0.2, 0) is 13.6 Å². The summed E-state index contributed by atoms with van der Waals surface area (Å²) in [5, 5.41) is 9.71. The van der Waals surface area contributed by atoms with Gasteiger partial charge in [0.15, 0.2) is 0 Å². The predicted octanol–water partition coefficient (Wildman–Crippen LogP) is 1.87. The van der Waals surface area contributed by atoms with Gasteiger partial charge in [-0.1, -0.05) is 6.07 Å². The second-order valence-corrected chi connectivity index (χ2v) is 5.01. The molecule has 3 N–H and O–H groups in total. The molecule has 0 aliphatic carbocycles. The van der Waals surface area contributed by atoms with Gasteiger partial charge < -0.3 is 19.9 Å². The quantitative estimate of drug-likeness (QED) is 0.611. The second-order valence-electron chi connectivity index (χ2n) is 3.05. The van der Waals surface area contributed by atoms with Crippen molar-refractivity contribution in [3.8, 4) is 5.75 Å². The molecule has 0 saturated heterocycles. The van der Waals surface area contributed by atoms with Crippen molar-refractivity contribution in [2.45, 2.75) is 13.8 Å². The molecule has 1 rings (SSSR count). The number of nitrogen functional groups attached to an aromatic ring is 1. The van der Waals surface area contributed by atoms with Crippen LogP contribution in [0.4, 0.5) is 5.69 Å². The van der Waals surface area contributed by atoms with Gasteiger partial charge in [0.25, 0.3) is 0 Å².